The summed E-state index contributed by atoms with van der Waals surface area (Å²) >= 11 is 5.73. The van der Waals surface area contributed by atoms with Gasteiger partial charge in [-0.15, -0.1) is 0 Å². The first-order valence-electron chi connectivity index (χ1n) is 7.02. The molecule has 2 aliphatic heterocycles. The monoisotopic (exact) mass is 282 g/mol. The molecule has 0 aliphatic carbocycles. The summed E-state index contributed by atoms with van der Waals surface area (Å²) in [6, 6.07) is 3.85. The number of amides is 1. The normalized spacial score (nSPS) is 27.7. The lowest BCUT2D eigenvalue weighted by Crippen LogP contribution is -2.45. The number of nitrogens with one attached hydrogen (secondary N) is 1. The van der Waals surface area contributed by atoms with Crippen LogP contribution in [0.15, 0.2) is 16.5 Å². The first kappa shape index (κ1) is 13.0. The van der Waals surface area contributed by atoms with Crippen LogP contribution in [-0.4, -0.2) is 36.5 Å². The molecule has 2 aliphatic rings. The fraction of sp³-hybridized carbons (Fsp3) is 0.643. The molecule has 1 aromatic heterocycles. The van der Waals surface area contributed by atoms with Crippen molar-refractivity contribution in [3.05, 3.63) is 23.1 Å². The van der Waals surface area contributed by atoms with Gasteiger partial charge in [-0.3, -0.25) is 4.79 Å². The van der Waals surface area contributed by atoms with Gasteiger partial charge in [-0.05, 0) is 61.9 Å². The van der Waals surface area contributed by atoms with E-state index in [9.17, 15) is 4.79 Å². The van der Waals surface area contributed by atoms with Gasteiger partial charge in [0.1, 0.15) is 0 Å². The Morgan fingerprint density at radius 2 is 2.26 bits per heavy atom. The number of halogens is 1. The Kier molecular flexibility index (Phi) is 3.80. The highest BCUT2D eigenvalue weighted by Gasteiger charge is 2.31. The Balaban J connectivity index is 1.65. The van der Waals surface area contributed by atoms with Gasteiger partial charge in [0.25, 0.3) is 5.91 Å². The zero-order chi connectivity index (χ0) is 13.2. The van der Waals surface area contributed by atoms with Crippen LogP contribution in [0, 0.1) is 5.92 Å². The molecule has 1 aromatic rings. The van der Waals surface area contributed by atoms with Crippen LogP contribution in [0.2, 0.25) is 5.22 Å². The second-order valence-corrected chi connectivity index (χ2v) is 5.83. The highest BCUT2D eigenvalue weighted by molar-refractivity contribution is 6.29. The maximum Gasteiger partial charge on any atom is 0.289 e. The Labute approximate surface area is 118 Å². The van der Waals surface area contributed by atoms with Crippen LogP contribution in [0.25, 0.3) is 0 Å². The van der Waals surface area contributed by atoms with E-state index in [0.717, 1.165) is 26.1 Å². The van der Waals surface area contributed by atoms with Crippen molar-refractivity contribution in [2.75, 3.05) is 19.6 Å². The molecule has 1 amide bonds. The number of nitrogens with zero attached hydrogens (tertiary/aromatic N) is 1. The van der Waals surface area contributed by atoms with Crippen LogP contribution in [0.3, 0.4) is 0 Å². The fourth-order valence-corrected chi connectivity index (χ4v) is 3.37. The van der Waals surface area contributed by atoms with Crippen molar-refractivity contribution in [3.63, 3.8) is 0 Å². The van der Waals surface area contributed by atoms with Crippen molar-refractivity contribution >= 4 is 17.5 Å². The SMILES string of the molecule is O=C(c1ccc(Cl)o1)N1CCCC(C2CCCN2)C1. The molecule has 3 heterocycles. The summed E-state index contributed by atoms with van der Waals surface area (Å²) in [6.45, 7) is 2.76. The summed E-state index contributed by atoms with van der Waals surface area (Å²) in [5.41, 5.74) is 0. The number of carbonyl (C=O) groups excluding carboxylic acids is 1. The molecule has 5 heteroatoms. The molecule has 0 radical (unpaired) electrons. The Morgan fingerprint density at radius 1 is 1.37 bits per heavy atom. The maximum atomic E-state index is 12.3. The first-order valence-corrected chi connectivity index (χ1v) is 7.40. The zero-order valence-corrected chi connectivity index (χ0v) is 11.7. The second kappa shape index (κ2) is 5.55. The van der Waals surface area contributed by atoms with E-state index in [1.54, 1.807) is 12.1 Å². The minimum Gasteiger partial charge on any atom is -0.440 e. The van der Waals surface area contributed by atoms with Crippen LogP contribution in [0.4, 0.5) is 0 Å². The molecule has 0 bridgehead atoms. The number of rotatable bonds is 2. The van der Waals surface area contributed by atoms with Crippen LogP contribution in [-0.2, 0) is 0 Å². The highest BCUT2D eigenvalue weighted by Crippen LogP contribution is 2.26. The number of furan rings is 1. The maximum absolute atomic E-state index is 12.3. The zero-order valence-electron chi connectivity index (χ0n) is 10.9. The minimum absolute atomic E-state index is 0.0328. The number of carbonyl (C=O) groups is 1. The van der Waals surface area contributed by atoms with Crippen LogP contribution >= 0.6 is 11.6 Å². The quantitative estimate of drug-likeness (QED) is 0.907. The first-order chi connectivity index (χ1) is 9.24. The van der Waals surface area contributed by atoms with Gasteiger partial charge < -0.3 is 14.6 Å². The number of hydrogen-bond donors (Lipinski definition) is 1. The number of piperidine rings is 1. The van der Waals surface area contributed by atoms with E-state index in [4.69, 9.17) is 16.0 Å². The van der Waals surface area contributed by atoms with Crippen molar-refractivity contribution in [1.29, 1.82) is 0 Å². The molecule has 0 spiro atoms. The lowest BCUT2D eigenvalue weighted by atomic mass is 9.89. The highest BCUT2D eigenvalue weighted by atomic mass is 35.5. The topological polar surface area (TPSA) is 45.5 Å². The molecular formula is C14H19ClN2O2. The molecule has 4 nitrogen and oxygen atoms in total. The molecule has 0 saturated carbocycles. The molecular weight excluding hydrogens is 264 g/mol. The summed E-state index contributed by atoms with van der Waals surface area (Å²) in [5, 5.41) is 3.82. The van der Waals surface area contributed by atoms with Gasteiger partial charge in [0.2, 0.25) is 0 Å². The van der Waals surface area contributed by atoms with Gasteiger partial charge in [0.05, 0.1) is 0 Å². The Bertz CT molecular complexity index is 454. The summed E-state index contributed by atoms with van der Waals surface area (Å²) in [5.74, 6) is 0.894. The average molecular weight is 283 g/mol. The molecule has 0 aromatic carbocycles. The third kappa shape index (κ3) is 2.79. The second-order valence-electron chi connectivity index (χ2n) is 5.46. The van der Waals surface area contributed by atoms with Crippen molar-refractivity contribution in [2.45, 2.75) is 31.7 Å². The molecule has 2 atom stereocenters. The Hall–Kier alpha value is -1.00. The van der Waals surface area contributed by atoms with Gasteiger partial charge in [-0.2, -0.15) is 0 Å². The molecule has 2 unspecified atom stereocenters. The standard InChI is InChI=1S/C14H19ClN2O2/c15-13-6-5-12(19-13)14(18)17-8-2-3-10(9-17)11-4-1-7-16-11/h5-6,10-11,16H,1-4,7-9H2. The summed E-state index contributed by atoms with van der Waals surface area (Å²) in [6.07, 6.45) is 4.77. The molecule has 1 N–H and O–H groups in total. The third-order valence-corrected chi connectivity index (χ3v) is 4.40. The van der Waals surface area contributed by atoms with Crippen molar-refractivity contribution in [2.24, 2.45) is 5.92 Å². The van der Waals surface area contributed by atoms with Gasteiger partial charge >= 0.3 is 0 Å². The Morgan fingerprint density at radius 3 is 2.95 bits per heavy atom. The van der Waals surface area contributed by atoms with Crippen molar-refractivity contribution < 1.29 is 9.21 Å². The van der Waals surface area contributed by atoms with Crippen LogP contribution < -0.4 is 5.32 Å². The predicted molar refractivity (Wildman–Crippen MR) is 73.4 cm³/mol. The number of likely N-dealkylation sites (tertiary alicyclic amines) is 1. The van der Waals surface area contributed by atoms with Crippen LogP contribution in [0.5, 0.6) is 0 Å². The molecule has 3 rings (SSSR count). The van der Waals surface area contributed by atoms with E-state index in [-0.39, 0.29) is 11.1 Å². The summed E-state index contributed by atoms with van der Waals surface area (Å²) in [7, 11) is 0. The summed E-state index contributed by atoms with van der Waals surface area (Å²) in [4.78, 5) is 14.2. The molecule has 2 saturated heterocycles. The minimum atomic E-state index is -0.0328. The lowest BCUT2D eigenvalue weighted by molar-refractivity contribution is 0.0619. The molecule has 104 valence electrons. The van der Waals surface area contributed by atoms with E-state index >= 15 is 0 Å². The van der Waals surface area contributed by atoms with Crippen molar-refractivity contribution in [3.8, 4) is 0 Å². The molecule has 19 heavy (non-hydrogen) atoms. The van der Waals surface area contributed by atoms with Gasteiger partial charge in [-0.1, -0.05) is 0 Å². The van der Waals surface area contributed by atoms with E-state index in [0.29, 0.717) is 17.7 Å². The summed E-state index contributed by atoms with van der Waals surface area (Å²) < 4.78 is 5.22. The van der Waals surface area contributed by atoms with E-state index in [2.05, 4.69) is 5.32 Å². The fourth-order valence-electron chi connectivity index (χ4n) is 3.22. The lowest BCUT2D eigenvalue weighted by Gasteiger charge is -2.35. The number of hydrogen-bond acceptors (Lipinski definition) is 3. The van der Waals surface area contributed by atoms with Crippen LogP contribution in [0.1, 0.15) is 36.2 Å². The average Bonchev–Trinajstić information content (AvgIpc) is 3.09. The van der Waals surface area contributed by atoms with Gasteiger partial charge in [0, 0.05) is 19.1 Å². The smallest absolute Gasteiger partial charge is 0.289 e. The predicted octanol–water partition coefficient (Wildman–Crippen LogP) is 2.54. The largest absolute Gasteiger partial charge is 0.440 e. The third-order valence-electron chi connectivity index (χ3n) is 4.20. The van der Waals surface area contributed by atoms with E-state index in [1.165, 1.54) is 19.3 Å². The van der Waals surface area contributed by atoms with Crippen molar-refractivity contribution in [1.82, 2.24) is 10.2 Å². The van der Waals surface area contributed by atoms with Gasteiger partial charge in [-0.25, -0.2) is 0 Å². The van der Waals surface area contributed by atoms with E-state index < -0.39 is 0 Å². The van der Waals surface area contributed by atoms with E-state index in [1.807, 2.05) is 4.90 Å². The molecule has 2 fully saturated rings. The van der Waals surface area contributed by atoms with Gasteiger partial charge in [0.15, 0.2) is 11.0 Å².